The zero-order valence-electron chi connectivity index (χ0n) is 11.0. The van der Waals surface area contributed by atoms with Gasteiger partial charge in [-0.05, 0) is 24.3 Å². The molecule has 3 aromatic rings. The quantitative estimate of drug-likeness (QED) is 0.714. The molecule has 0 fully saturated rings. The fraction of sp³-hybridized carbons (Fsp3) is 0.0625. The van der Waals surface area contributed by atoms with E-state index in [0.29, 0.717) is 17.0 Å². The molecule has 3 nitrogen and oxygen atoms in total. The van der Waals surface area contributed by atoms with Crippen LogP contribution in [0.25, 0.3) is 11.0 Å². The van der Waals surface area contributed by atoms with E-state index in [1.165, 1.54) is 6.26 Å². The van der Waals surface area contributed by atoms with Gasteiger partial charge in [-0.15, -0.1) is 0 Å². The number of aromatic hydroxyl groups is 1. The lowest BCUT2D eigenvalue weighted by molar-refractivity contribution is -0.138. The highest BCUT2D eigenvalue weighted by molar-refractivity contribution is 6.15. The van der Waals surface area contributed by atoms with Crippen LogP contribution in [-0.2, 0) is 6.18 Å². The van der Waals surface area contributed by atoms with E-state index in [4.69, 9.17) is 4.42 Å². The Labute approximate surface area is 122 Å². The zero-order chi connectivity index (χ0) is 15.9. The topological polar surface area (TPSA) is 50.4 Å². The van der Waals surface area contributed by atoms with Crippen LogP contribution in [0.15, 0.2) is 53.1 Å². The first-order valence-electron chi connectivity index (χ1n) is 6.29. The second-order valence-corrected chi connectivity index (χ2v) is 4.70. The molecule has 3 rings (SSSR count). The number of alkyl halides is 3. The molecule has 0 saturated carbocycles. The van der Waals surface area contributed by atoms with Crippen LogP contribution in [0.1, 0.15) is 21.5 Å². The summed E-state index contributed by atoms with van der Waals surface area (Å²) in [4.78, 5) is 12.4. The molecule has 2 aromatic carbocycles. The SMILES string of the molecule is O=C(c1ccc(O)c(C(F)(F)F)c1)c1coc2ccccc12. The Kier molecular flexibility index (Phi) is 3.16. The van der Waals surface area contributed by atoms with Crippen LogP contribution in [0.2, 0.25) is 0 Å². The molecule has 1 N–H and O–H groups in total. The normalized spacial score (nSPS) is 11.8. The predicted octanol–water partition coefficient (Wildman–Crippen LogP) is 4.39. The fourth-order valence-corrected chi connectivity index (χ4v) is 2.21. The van der Waals surface area contributed by atoms with Gasteiger partial charge in [-0.25, -0.2) is 0 Å². The predicted molar refractivity (Wildman–Crippen MR) is 72.8 cm³/mol. The van der Waals surface area contributed by atoms with Crippen LogP contribution >= 0.6 is 0 Å². The van der Waals surface area contributed by atoms with Crippen LogP contribution in [0.4, 0.5) is 13.2 Å². The minimum absolute atomic E-state index is 0.170. The number of benzene rings is 2. The van der Waals surface area contributed by atoms with Crippen LogP contribution in [-0.4, -0.2) is 10.9 Å². The lowest BCUT2D eigenvalue weighted by Crippen LogP contribution is -2.08. The number of rotatable bonds is 2. The van der Waals surface area contributed by atoms with Gasteiger partial charge in [0.2, 0.25) is 0 Å². The number of hydrogen-bond donors (Lipinski definition) is 1. The number of halogens is 3. The van der Waals surface area contributed by atoms with Crippen LogP contribution in [0.3, 0.4) is 0 Å². The second-order valence-electron chi connectivity index (χ2n) is 4.70. The third kappa shape index (κ3) is 2.32. The molecule has 0 aliphatic heterocycles. The largest absolute Gasteiger partial charge is 0.507 e. The highest BCUT2D eigenvalue weighted by Crippen LogP contribution is 2.36. The molecule has 22 heavy (non-hydrogen) atoms. The minimum atomic E-state index is -4.74. The van der Waals surface area contributed by atoms with Gasteiger partial charge in [-0.3, -0.25) is 4.79 Å². The maximum Gasteiger partial charge on any atom is 0.419 e. The van der Waals surface area contributed by atoms with Crippen molar-refractivity contribution in [2.75, 3.05) is 0 Å². The Morgan fingerprint density at radius 3 is 2.55 bits per heavy atom. The first-order valence-corrected chi connectivity index (χ1v) is 6.29. The third-order valence-electron chi connectivity index (χ3n) is 3.29. The van der Waals surface area contributed by atoms with E-state index in [-0.39, 0.29) is 11.1 Å². The summed E-state index contributed by atoms with van der Waals surface area (Å²) < 4.78 is 43.6. The van der Waals surface area contributed by atoms with Crippen molar-refractivity contribution in [3.63, 3.8) is 0 Å². The van der Waals surface area contributed by atoms with Crippen LogP contribution in [0.5, 0.6) is 5.75 Å². The Bertz CT molecular complexity index is 862. The molecule has 0 aliphatic carbocycles. The molecule has 0 saturated heterocycles. The van der Waals surface area contributed by atoms with Gasteiger partial charge in [0, 0.05) is 10.9 Å². The Morgan fingerprint density at radius 2 is 1.82 bits per heavy atom. The summed E-state index contributed by atoms with van der Waals surface area (Å²) in [5, 5.41) is 9.83. The Morgan fingerprint density at radius 1 is 1.09 bits per heavy atom. The molecule has 112 valence electrons. The molecule has 0 unspecified atom stereocenters. The number of furan rings is 1. The summed E-state index contributed by atoms with van der Waals surface area (Å²) in [5.41, 5.74) is -0.766. The van der Waals surface area contributed by atoms with E-state index in [1.807, 2.05) is 0 Å². The average molecular weight is 306 g/mol. The van der Waals surface area contributed by atoms with Crippen molar-refractivity contribution in [1.29, 1.82) is 0 Å². The number of para-hydroxylation sites is 1. The molecule has 0 radical (unpaired) electrons. The summed E-state index contributed by atoms with van der Waals surface area (Å²) in [6.45, 7) is 0. The van der Waals surface area contributed by atoms with E-state index >= 15 is 0 Å². The van der Waals surface area contributed by atoms with Crippen molar-refractivity contribution in [1.82, 2.24) is 0 Å². The van der Waals surface area contributed by atoms with Gasteiger partial charge in [0.15, 0.2) is 5.78 Å². The Hall–Kier alpha value is -2.76. The van der Waals surface area contributed by atoms with Crippen molar-refractivity contribution in [2.24, 2.45) is 0 Å². The summed E-state index contributed by atoms with van der Waals surface area (Å²) in [6.07, 6.45) is -3.52. The number of carbonyl (C=O) groups is 1. The van der Waals surface area contributed by atoms with Crippen LogP contribution < -0.4 is 0 Å². The highest BCUT2D eigenvalue weighted by atomic mass is 19.4. The van der Waals surface area contributed by atoms with Crippen molar-refractivity contribution < 1.29 is 27.5 Å². The number of ketones is 1. The van der Waals surface area contributed by atoms with Gasteiger partial charge in [0.05, 0.1) is 11.1 Å². The molecule has 6 heteroatoms. The third-order valence-corrected chi connectivity index (χ3v) is 3.29. The molecular weight excluding hydrogens is 297 g/mol. The number of phenolic OH excluding ortho intramolecular Hbond substituents is 1. The van der Waals surface area contributed by atoms with E-state index in [9.17, 15) is 23.1 Å². The standard InChI is InChI=1S/C16H9F3O3/c17-16(18,19)12-7-9(5-6-13(12)20)15(21)11-8-22-14-4-2-1-3-10(11)14/h1-8,20H. The van der Waals surface area contributed by atoms with Gasteiger partial charge in [0.25, 0.3) is 0 Å². The summed E-state index contributed by atoms with van der Waals surface area (Å²) in [5.74, 6) is -1.52. The van der Waals surface area contributed by atoms with Gasteiger partial charge >= 0.3 is 6.18 Å². The Balaban J connectivity index is 2.10. The summed E-state index contributed by atoms with van der Waals surface area (Å²) >= 11 is 0. The summed E-state index contributed by atoms with van der Waals surface area (Å²) in [7, 11) is 0. The molecule has 0 aliphatic rings. The minimum Gasteiger partial charge on any atom is -0.507 e. The van der Waals surface area contributed by atoms with E-state index < -0.39 is 23.3 Å². The van der Waals surface area contributed by atoms with Crippen LogP contribution in [0, 0.1) is 0 Å². The average Bonchev–Trinajstić information content (AvgIpc) is 2.89. The molecule has 0 bridgehead atoms. The van der Waals surface area contributed by atoms with Crippen molar-refractivity contribution in [2.45, 2.75) is 6.18 Å². The van der Waals surface area contributed by atoms with E-state index in [1.54, 1.807) is 24.3 Å². The molecule has 0 spiro atoms. The monoisotopic (exact) mass is 306 g/mol. The highest BCUT2D eigenvalue weighted by Gasteiger charge is 2.34. The summed E-state index contributed by atoms with van der Waals surface area (Å²) in [6, 6.07) is 9.38. The maximum atomic E-state index is 12.8. The number of hydrogen-bond acceptors (Lipinski definition) is 3. The lowest BCUT2D eigenvalue weighted by atomic mass is 10.00. The smallest absolute Gasteiger partial charge is 0.419 e. The first kappa shape index (κ1) is 14.2. The first-order chi connectivity index (χ1) is 10.4. The molecule has 1 aromatic heterocycles. The van der Waals surface area contributed by atoms with Gasteiger partial charge in [-0.1, -0.05) is 18.2 Å². The fourth-order valence-electron chi connectivity index (χ4n) is 2.21. The molecule has 1 heterocycles. The second kappa shape index (κ2) is 4.91. The van der Waals surface area contributed by atoms with E-state index in [2.05, 4.69) is 0 Å². The maximum absolute atomic E-state index is 12.8. The number of phenols is 1. The van der Waals surface area contributed by atoms with E-state index in [0.717, 1.165) is 12.1 Å². The van der Waals surface area contributed by atoms with Gasteiger partial charge in [0.1, 0.15) is 17.6 Å². The van der Waals surface area contributed by atoms with Crippen molar-refractivity contribution >= 4 is 16.8 Å². The lowest BCUT2D eigenvalue weighted by Gasteiger charge is -2.10. The molecular formula is C16H9F3O3. The van der Waals surface area contributed by atoms with Crippen molar-refractivity contribution in [3.8, 4) is 5.75 Å². The molecule has 0 amide bonds. The van der Waals surface area contributed by atoms with Crippen molar-refractivity contribution in [3.05, 3.63) is 65.4 Å². The number of fused-ring (bicyclic) bond motifs is 1. The number of carbonyl (C=O) groups excluding carboxylic acids is 1. The van der Waals surface area contributed by atoms with Gasteiger partial charge < -0.3 is 9.52 Å². The molecule has 0 atom stereocenters. The van der Waals surface area contributed by atoms with Gasteiger partial charge in [-0.2, -0.15) is 13.2 Å². The zero-order valence-corrected chi connectivity index (χ0v) is 11.0.